The van der Waals surface area contributed by atoms with Crippen LogP contribution in [0.3, 0.4) is 0 Å². The minimum atomic E-state index is -0.333. The summed E-state index contributed by atoms with van der Waals surface area (Å²) in [6.07, 6.45) is 4.54. The Bertz CT molecular complexity index is 1430. The number of amides is 1. The number of piperidine rings is 1. The van der Waals surface area contributed by atoms with Gasteiger partial charge in [0.05, 0.1) is 22.8 Å². The maximum atomic E-state index is 14.5. The number of fused-ring (bicyclic) bond motifs is 1. The largest absolute Gasteiger partial charge is 0.457 e. The lowest BCUT2D eigenvalue weighted by Gasteiger charge is -2.22. The molecule has 2 aromatic heterocycles. The minimum Gasteiger partial charge on any atom is -0.457 e. The van der Waals surface area contributed by atoms with E-state index in [2.05, 4.69) is 39.8 Å². The number of halogens is 1. The highest BCUT2D eigenvalue weighted by Gasteiger charge is 2.21. The van der Waals surface area contributed by atoms with Crippen molar-refractivity contribution in [2.45, 2.75) is 45.1 Å². The van der Waals surface area contributed by atoms with Crippen LogP contribution >= 0.6 is 0 Å². The van der Waals surface area contributed by atoms with E-state index in [1.165, 1.54) is 6.07 Å². The molecule has 1 saturated heterocycles. The number of anilines is 3. The van der Waals surface area contributed by atoms with E-state index in [1.807, 2.05) is 35.9 Å². The molecule has 9 heteroatoms. The molecule has 0 radical (unpaired) electrons. The van der Waals surface area contributed by atoms with Crippen LogP contribution in [0.5, 0.6) is 11.5 Å². The average molecular weight is 503 g/mol. The van der Waals surface area contributed by atoms with Crippen molar-refractivity contribution in [2.24, 2.45) is 7.05 Å². The van der Waals surface area contributed by atoms with Gasteiger partial charge < -0.3 is 25.3 Å². The number of nitrogens with zero attached hydrogens (tertiary/aromatic N) is 3. The summed E-state index contributed by atoms with van der Waals surface area (Å²) in [5, 5.41) is 9.24. The molecule has 1 aliphatic rings. The van der Waals surface area contributed by atoms with Gasteiger partial charge in [-0.3, -0.25) is 4.79 Å². The predicted octanol–water partition coefficient (Wildman–Crippen LogP) is 5.85. The molecule has 0 unspecified atom stereocenters. The lowest BCUT2D eigenvalue weighted by molar-refractivity contribution is -0.118. The Balaban J connectivity index is 1.32. The molecule has 0 aliphatic carbocycles. The Morgan fingerprint density at radius 1 is 1.14 bits per heavy atom. The number of rotatable bonds is 7. The van der Waals surface area contributed by atoms with Crippen molar-refractivity contribution >= 4 is 34.4 Å². The fourth-order valence-electron chi connectivity index (χ4n) is 4.44. The van der Waals surface area contributed by atoms with E-state index in [-0.39, 0.29) is 23.7 Å². The van der Waals surface area contributed by atoms with E-state index >= 15 is 0 Å². The normalized spacial score (nSPS) is 15.6. The fourth-order valence-corrected chi connectivity index (χ4v) is 4.44. The third kappa shape index (κ3) is 5.56. The van der Waals surface area contributed by atoms with Crippen molar-refractivity contribution in [3.05, 3.63) is 66.1 Å². The molecule has 1 fully saturated rings. The second kappa shape index (κ2) is 10.6. The summed E-state index contributed by atoms with van der Waals surface area (Å²) in [5.41, 5.74) is 3.00. The Morgan fingerprint density at radius 3 is 2.76 bits per heavy atom. The molecule has 3 N–H and O–H groups in total. The van der Waals surface area contributed by atoms with Gasteiger partial charge in [0.1, 0.15) is 23.1 Å². The number of aromatic nitrogens is 3. The van der Waals surface area contributed by atoms with Crippen LogP contribution in [0.25, 0.3) is 11.0 Å². The number of carbonyl (C=O) groups excluding carboxylic acids is 1. The third-order valence-corrected chi connectivity index (χ3v) is 6.60. The van der Waals surface area contributed by atoms with Crippen LogP contribution in [-0.4, -0.2) is 33.0 Å². The molecule has 8 nitrogen and oxygen atoms in total. The molecule has 0 saturated carbocycles. The number of ether oxygens (including phenoxy) is 1. The number of hydrogen-bond donors (Lipinski definition) is 3. The summed E-state index contributed by atoms with van der Waals surface area (Å²) in [4.78, 5) is 21.4. The SMILES string of the molecule is CC(C)c1ccc(F)c(Nc2nc3cc(Oc4ccnc(NC(=O)[C@@H]5CCCCN5)c4)ccc3n2C)c1. The Labute approximate surface area is 215 Å². The maximum Gasteiger partial charge on any atom is 0.242 e. The van der Waals surface area contributed by atoms with Crippen LogP contribution in [0.4, 0.5) is 21.8 Å². The molecule has 37 heavy (non-hydrogen) atoms. The molecular formula is C28H31FN6O2. The second-order valence-corrected chi connectivity index (χ2v) is 9.63. The maximum absolute atomic E-state index is 14.5. The van der Waals surface area contributed by atoms with Gasteiger partial charge in [0, 0.05) is 25.4 Å². The summed E-state index contributed by atoms with van der Waals surface area (Å²) in [7, 11) is 1.88. The lowest BCUT2D eigenvalue weighted by Crippen LogP contribution is -2.43. The smallest absolute Gasteiger partial charge is 0.242 e. The summed E-state index contributed by atoms with van der Waals surface area (Å²) in [6.45, 7) is 4.99. The summed E-state index contributed by atoms with van der Waals surface area (Å²) >= 11 is 0. The number of pyridine rings is 1. The highest BCUT2D eigenvalue weighted by atomic mass is 19.1. The van der Waals surface area contributed by atoms with Gasteiger partial charge in [-0.05, 0) is 61.2 Å². The summed E-state index contributed by atoms with van der Waals surface area (Å²) in [6, 6.07) is 13.9. The summed E-state index contributed by atoms with van der Waals surface area (Å²) in [5.74, 6) is 1.95. The summed E-state index contributed by atoms with van der Waals surface area (Å²) < 4.78 is 22.4. The Hall–Kier alpha value is -3.98. The van der Waals surface area contributed by atoms with Gasteiger partial charge >= 0.3 is 0 Å². The quantitative estimate of drug-likeness (QED) is 0.294. The molecule has 1 amide bonds. The molecule has 192 valence electrons. The fraction of sp³-hybridized carbons (Fsp3) is 0.321. The molecule has 1 atom stereocenters. The van der Waals surface area contributed by atoms with Crippen molar-refractivity contribution in [3.8, 4) is 11.5 Å². The number of nitrogens with one attached hydrogen (secondary N) is 3. The zero-order valence-electron chi connectivity index (χ0n) is 21.2. The van der Waals surface area contributed by atoms with Crippen molar-refractivity contribution in [1.29, 1.82) is 0 Å². The van der Waals surface area contributed by atoms with Gasteiger partial charge in [-0.25, -0.2) is 14.4 Å². The van der Waals surface area contributed by atoms with Crippen LogP contribution in [-0.2, 0) is 11.8 Å². The highest BCUT2D eigenvalue weighted by molar-refractivity contribution is 5.94. The van der Waals surface area contributed by atoms with E-state index in [0.717, 1.165) is 36.9 Å². The van der Waals surface area contributed by atoms with Crippen LogP contribution in [0.15, 0.2) is 54.7 Å². The van der Waals surface area contributed by atoms with Gasteiger partial charge in [-0.1, -0.05) is 26.3 Å². The molecular weight excluding hydrogens is 471 g/mol. The Kier molecular flexibility index (Phi) is 7.05. The zero-order valence-corrected chi connectivity index (χ0v) is 21.2. The van der Waals surface area contributed by atoms with E-state index in [9.17, 15) is 9.18 Å². The van der Waals surface area contributed by atoms with Gasteiger partial charge in [-0.15, -0.1) is 0 Å². The zero-order chi connectivity index (χ0) is 25.9. The first-order valence-electron chi connectivity index (χ1n) is 12.6. The van der Waals surface area contributed by atoms with Gasteiger partial charge in [-0.2, -0.15) is 0 Å². The van der Waals surface area contributed by atoms with Crippen LogP contribution in [0.2, 0.25) is 0 Å². The number of aryl methyl sites for hydroxylation is 1. The first kappa shape index (κ1) is 24.7. The van der Waals surface area contributed by atoms with E-state index in [4.69, 9.17) is 4.74 Å². The van der Waals surface area contributed by atoms with Gasteiger partial charge in [0.25, 0.3) is 0 Å². The van der Waals surface area contributed by atoms with Crippen molar-refractivity contribution in [3.63, 3.8) is 0 Å². The van der Waals surface area contributed by atoms with Crippen LogP contribution in [0, 0.1) is 5.82 Å². The first-order chi connectivity index (χ1) is 17.9. The molecule has 5 rings (SSSR count). The number of benzene rings is 2. The van der Waals surface area contributed by atoms with E-state index in [0.29, 0.717) is 34.5 Å². The second-order valence-electron chi connectivity index (χ2n) is 9.63. The van der Waals surface area contributed by atoms with Gasteiger partial charge in [0.15, 0.2) is 0 Å². The van der Waals surface area contributed by atoms with Crippen molar-refractivity contribution in [2.75, 3.05) is 17.2 Å². The third-order valence-electron chi connectivity index (χ3n) is 6.60. The molecule has 2 aromatic carbocycles. The lowest BCUT2D eigenvalue weighted by atomic mass is 10.0. The molecule has 3 heterocycles. The van der Waals surface area contributed by atoms with E-state index in [1.54, 1.807) is 24.4 Å². The average Bonchev–Trinajstić information content (AvgIpc) is 3.20. The van der Waals surface area contributed by atoms with Crippen molar-refractivity contribution in [1.82, 2.24) is 19.9 Å². The molecule has 4 aromatic rings. The standard InChI is InChI=1S/C28H31FN6O2/c1-17(2)18-7-9-21(29)23(14-18)32-28-33-24-15-19(8-10-25(24)35(28)3)37-20-11-13-31-26(16-20)34-27(36)22-6-4-5-12-30-22/h7-11,13-17,22,30H,4-6,12H2,1-3H3,(H,32,33)(H,31,34,36)/t22-/m0/s1. The highest BCUT2D eigenvalue weighted by Crippen LogP contribution is 2.30. The molecule has 0 bridgehead atoms. The first-order valence-corrected chi connectivity index (χ1v) is 12.6. The van der Waals surface area contributed by atoms with E-state index < -0.39 is 0 Å². The number of imidazole rings is 1. The van der Waals surface area contributed by atoms with Crippen molar-refractivity contribution < 1.29 is 13.9 Å². The number of carbonyl (C=O) groups is 1. The Morgan fingerprint density at radius 2 is 1.97 bits per heavy atom. The predicted molar refractivity (Wildman–Crippen MR) is 143 cm³/mol. The topological polar surface area (TPSA) is 93.1 Å². The molecule has 1 aliphatic heterocycles. The number of hydrogen-bond acceptors (Lipinski definition) is 6. The molecule has 0 spiro atoms. The van der Waals surface area contributed by atoms with Gasteiger partial charge in [0.2, 0.25) is 11.9 Å². The minimum absolute atomic E-state index is 0.0883. The van der Waals surface area contributed by atoms with Crippen LogP contribution < -0.4 is 20.7 Å². The monoisotopic (exact) mass is 502 g/mol. The van der Waals surface area contributed by atoms with Crippen LogP contribution in [0.1, 0.15) is 44.6 Å².